The van der Waals surface area contributed by atoms with Crippen molar-refractivity contribution in [3.8, 4) is 0 Å². The van der Waals surface area contributed by atoms with E-state index in [4.69, 9.17) is 0 Å². The van der Waals surface area contributed by atoms with Crippen LogP contribution in [0.2, 0.25) is 0 Å². The fourth-order valence-corrected chi connectivity index (χ4v) is 3.23. The fraction of sp³-hybridized carbons (Fsp3) is 0.609. The molecule has 0 spiro atoms. The van der Waals surface area contributed by atoms with Crippen LogP contribution in [0.15, 0.2) is 29.8 Å². The molecule has 1 unspecified atom stereocenters. The van der Waals surface area contributed by atoms with Crippen molar-refractivity contribution >= 4 is 11.6 Å². The van der Waals surface area contributed by atoms with Crippen molar-refractivity contribution in [1.29, 1.82) is 0 Å². The van der Waals surface area contributed by atoms with Crippen LogP contribution in [0.4, 0.5) is 13.2 Å². The van der Waals surface area contributed by atoms with E-state index in [2.05, 4.69) is 19.2 Å². The molecule has 1 rings (SSSR count). The van der Waals surface area contributed by atoms with E-state index in [-0.39, 0.29) is 5.91 Å². The summed E-state index contributed by atoms with van der Waals surface area (Å²) in [5, 5.41) is 2.99. The first-order valence-electron chi connectivity index (χ1n) is 10.1. The van der Waals surface area contributed by atoms with Gasteiger partial charge < -0.3 is 5.32 Å². The average molecular weight is 398 g/mol. The summed E-state index contributed by atoms with van der Waals surface area (Å²) in [4.78, 5) is 13.2. The van der Waals surface area contributed by atoms with Gasteiger partial charge in [-0.3, -0.25) is 4.79 Å². The summed E-state index contributed by atoms with van der Waals surface area (Å²) in [5.74, 6) is 0.370. The Kier molecular flexibility index (Phi) is 8.77. The predicted octanol–water partition coefficient (Wildman–Crippen LogP) is 7.21. The third kappa shape index (κ3) is 6.68. The van der Waals surface area contributed by atoms with Crippen molar-refractivity contribution < 1.29 is 18.0 Å². The molecule has 0 bridgehead atoms. The van der Waals surface area contributed by atoms with Gasteiger partial charge in [0.1, 0.15) is 0 Å². The highest BCUT2D eigenvalue weighted by molar-refractivity contribution is 5.91. The largest absolute Gasteiger partial charge is 0.416 e. The Bertz CT molecular complexity index is 691. The zero-order chi connectivity index (χ0) is 21.5. The number of amides is 1. The molecule has 1 atom stereocenters. The number of carbonyl (C=O) groups is 1. The van der Waals surface area contributed by atoms with E-state index in [1.54, 1.807) is 6.07 Å². The molecule has 2 nitrogen and oxygen atoms in total. The number of hydrogen-bond acceptors (Lipinski definition) is 1. The molecule has 1 aromatic rings. The number of rotatable bonds is 9. The van der Waals surface area contributed by atoms with Gasteiger partial charge in [-0.05, 0) is 61.8 Å². The Morgan fingerprint density at radius 3 is 2.29 bits per heavy atom. The molecule has 0 aliphatic rings. The highest BCUT2D eigenvalue weighted by atomic mass is 19.4. The molecule has 1 amide bonds. The number of halogens is 3. The van der Waals surface area contributed by atoms with Crippen LogP contribution in [-0.2, 0) is 11.0 Å². The van der Waals surface area contributed by atoms with E-state index in [9.17, 15) is 18.0 Å². The van der Waals surface area contributed by atoms with E-state index >= 15 is 0 Å². The third-order valence-corrected chi connectivity index (χ3v) is 5.30. The van der Waals surface area contributed by atoms with Gasteiger partial charge in [0.2, 0.25) is 5.91 Å². The average Bonchev–Trinajstić information content (AvgIpc) is 2.63. The zero-order valence-electron chi connectivity index (χ0n) is 18.0. The minimum Gasteiger partial charge on any atom is -0.325 e. The van der Waals surface area contributed by atoms with Crippen LogP contribution in [0, 0.1) is 11.3 Å². The van der Waals surface area contributed by atoms with Gasteiger partial charge in [0.25, 0.3) is 0 Å². The van der Waals surface area contributed by atoms with Crippen LogP contribution in [0.3, 0.4) is 0 Å². The molecule has 5 heteroatoms. The van der Waals surface area contributed by atoms with Crippen molar-refractivity contribution in [3.05, 3.63) is 41.0 Å². The van der Waals surface area contributed by atoms with Gasteiger partial charge in [-0.2, -0.15) is 13.2 Å². The summed E-state index contributed by atoms with van der Waals surface area (Å²) in [6.07, 6.45) is -0.476. The number of nitrogens with one attached hydrogen (secondary N) is 1. The molecular formula is C23H34F3NO. The van der Waals surface area contributed by atoms with Gasteiger partial charge in [0.15, 0.2) is 0 Å². The third-order valence-electron chi connectivity index (χ3n) is 5.30. The lowest BCUT2D eigenvalue weighted by atomic mass is 9.78. The SMILES string of the molecule is CCCC(C)(CCC(C)C)C(=O)N/C(=C(\C)CC)c1cccc(C(F)(F)F)c1. The molecule has 0 fully saturated rings. The molecule has 1 N–H and O–H groups in total. The molecule has 0 heterocycles. The molecule has 1 aromatic carbocycles. The Morgan fingerprint density at radius 1 is 1.14 bits per heavy atom. The summed E-state index contributed by atoms with van der Waals surface area (Å²) in [6, 6.07) is 5.17. The van der Waals surface area contributed by atoms with E-state index < -0.39 is 17.2 Å². The van der Waals surface area contributed by atoms with Crippen LogP contribution >= 0.6 is 0 Å². The lowest BCUT2D eigenvalue weighted by molar-refractivity contribution is -0.137. The number of benzene rings is 1. The highest BCUT2D eigenvalue weighted by Crippen LogP contribution is 2.34. The summed E-state index contributed by atoms with van der Waals surface area (Å²) >= 11 is 0. The second kappa shape index (κ2) is 10.1. The Hall–Kier alpha value is -1.78. The van der Waals surface area contributed by atoms with Crippen LogP contribution < -0.4 is 5.32 Å². The van der Waals surface area contributed by atoms with Gasteiger partial charge in [-0.25, -0.2) is 0 Å². The van der Waals surface area contributed by atoms with Crippen molar-refractivity contribution in [3.63, 3.8) is 0 Å². The van der Waals surface area contributed by atoms with Gasteiger partial charge in [-0.1, -0.05) is 53.2 Å². The van der Waals surface area contributed by atoms with Crippen molar-refractivity contribution in [2.24, 2.45) is 11.3 Å². The van der Waals surface area contributed by atoms with Gasteiger partial charge in [0, 0.05) is 11.1 Å². The summed E-state index contributed by atoms with van der Waals surface area (Å²) in [7, 11) is 0. The molecule has 0 saturated carbocycles. The molecule has 0 aliphatic carbocycles. The second-order valence-electron chi connectivity index (χ2n) is 8.28. The van der Waals surface area contributed by atoms with Crippen molar-refractivity contribution in [2.75, 3.05) is 0 Å². The van der Waals surface area contributed by atoms with E-state index in [1.165, 1.54) is 6.07 Å². The van der Waals surface area contributed by atoms with Crippen molar-refractivity contribution in [1.82, 2.24) is 5.32 Å². The quantitative estimate of drug-likeness (QED) is 0.469. The summed E-state index contributed by atoms with van der Waals surface area (Å²) in [5.41, 5.74) is 0.489. The van der Waals surface area contributed by atoms with Crippen LogP contribution in [0.1, 0.15) is 84.8 Å². The normalized spacial score (nSPS) is 15.2. The first kappa shape index (κ1) is 24.3. The minimum atomic E-state index is -4.42. The lowest BCUT2D eigenvalue weighted by Gasteiger charge is -2.30. The molecule has 158 valence electrons. The van der Waals surface area contributed by atoms with Gasteiger partial charge >= 0.3 is 6.18 Å². The zero-order valence-corrected chi connectivity index (χ0v) is 18.0. The monoisotopic (exact) mass is 397 g/mol. The standard InChI is InChI=1S/C23H34F3NO/c1-7-13-22(6,14-12-16(3)4)21(28)27-20(17(5)8-2)18-10-9-11-19(15-18)23(24,25)26/h9-11,15-16H,7-8,12-14H2,1-6H3,(H,27,28)/b20-17+. The summed E-state index contributed by atoms with van der Waals surface area (Å²) < 4.78 is 39.4. The van der Waals surface area contributed by atoms with Crippen molar-refractivity contribution in [2.45, 2.75) is 79.8 Å². The topological polar surface area (TPSA) is 29.1 Å². The second-order valence-corrected chi connectivity index (χ2v) is 8.28. The lowest BCUT2D eigenvalue weighted by Crippen LogP contribution is -2.38. The van der Waals surface area contributed by atoms with Gasteiger partial charge in [-0.15, -0.1) is 0 Å². The van der Waals surface area contributed by atoms with Crippen LogP contribution in [0.5, 0.6) is 0 Å². The highest BCUT2D eigenvalue weighted by Gasteiger charge is 2.34. The fourth-order valence-electron chi connectivity index (χ4n) is 3.23. The number of alkyl halides is 3. The van der Waals surface area contributed by atoms with Crippen LogP contribution in [-0.4, -0.2) is 5.91 Å². The molecule has 0 aliphatic heterocycles. The Balaban J connectivity index is 3.25. The number of allylic oxidation sites excluding steroid dienone is 1. The van der Waals surface area contributed by atoms with E-state index in [0.29, 0.717) is 23.6 Å². The number of carbonyl (C=O) groups excluding carboxylic acids is 1. The smallest absolute Gasteiger partial charge is 0.325 e. The van der Waals surface area contributed by atoms with E-state index in [0.717, 1.165) is 43.4 Å². The molecular weight excluding hydrogens is 363 g/mol. The Labute approximate surface area is 167 Å². The maximum Gasteiger partial charge on any atom is 0.416 e. The molecule has 0 aromatic heterocycles. The Morgan fingerprint density at radius 2 is 1.79 bits per heavy atom. The maximum atomic E-state index is 13.2. The molecule has 0 saturated heterocycles. The first-order valence-corrected chi connectivity index (χ1v) is 10.1. The predicted molar refractivity (Wildman–Crippen MR) is 110 cm³/mol. The van der Waals surface area contributed by atoms with Gasteiger partial charge in [0.05, 0.1) is 5.56 Å². The number of hydrogen-bond donors (Lipinski definition) is 1. The van der Waals surface area contributed by atoms with E-state index in [1.807, 2.05) is 27.7 Å². The maximum absolute atomic E-state index is 13.2. The minimum absolute atomic E-state index is 0.116. The molecule has 28 heavy (non-hydrogen) atoms. The summed E-state index contributed by atoms with van der Waals surface area (Å²) in [6.45, 7) is 12.0. The first-order chi connectivity index (χ1) is 12.9. The molecule has 0 radical (unpaired) electrons. The van der Waals surface area contributed by atoms with Crippen LogP contribution in [0.25, 0.3) is 5.70 Å².